The van der Waals surface area contributed by atoms with Gasteiger partial charge in [0.05, 0.1) is 12.1 Å². The quantitative estimate of drug-likeness (QED) is 0.314. The van der Waals surface area contributed by atoms with Gasteiger partial charge in [0, 0.05) is 0 Å². The fourth-order valence-electron chi connectivity index (χ4n) is 3.38. The number of hydrogen-bond donors (Lipinski definition) is 1. The summed E-state index contributed by atoms with van der Waals surface area (Å²) in [7, 11) is 0. The number of aliphatic hydroxyl groups is 1. The van der Waals surface area contributed by atoms with Gasteiger partial charge in [-0.05, 0) is 37.0 Å². The molecule has 0 aliphatic carbocycles. The van der Waals surface area contributed by atoms with Crippen LogP contribution in [0.5, 0.6) is 5.75 Å². The van der Waals surface area contributed by atoms with Gasteiger partial charge in [-0.3, -0.25) is 0 Å². The molecule has 0 bridgehead atoms. The summed E-state index contributed by atoms with van der Waals surface area (Å²) >= 11 is 0. The second kappa shape index (κ2) is 18.2. The Hall–Kier alpha value is -0.550. The fourth-order valence-corrected chi connectivity index (χ4v) is 3.38. The molecule has 4 nitrogen and oxygen atoms in total. The van der Waals surface area contributed by atoms with Crippen LogP contribution >= 0.6 is 0 Å². The molecule has 1 aromatic carbocycles. The smallest absolute Gasteiger partial charge is 0.546 e. The van der Waals surface area contributed by atoms with Gasteiger partial charge in [0.2, 0.25) is 0 Å². The van der Waals surface area contributed by atoms with E-state index in [1.807, 2.05) is 12.1 Å². The number of carbonyl (C=O) groups is 1. The van der Waals surface area contributed by atoms with Crippen LogP contribution in [0.25, 0.3) is 0 Å². The number of aliphatic carboxylic acids is 1. The number of rotatable bonds is 17. The summed E-state index contributed by atoms with van der Waals surface area (Å²) in [5.41, 5.74) is 0.851. The molecule has 1 N–H and O–H groups in total. The second-order valence-electron chi connectivity index (χ2n) is 7.77. The molecule has 0 aliphatic rings. The van der Waals surface area contributed by atoms with Crippen molar-refractivity contribution in [2.45, 2.75) is 110 Å². The minimum absolute atomic E-state index is 0. The van der Waals surface area contributed by atoms with E-state index in [4.69, 9.17) is 4.74 Å². The van der Waals surface area contributed by atoms with Crippen molar-refractivity contribution in [2.75, 3.05) is 0 Å². The Morgan fingerprint density at radius 3 is 1.86 bits per heavy atom. The van der Waals surface area contributed by atoms with Crippen molar-refractivity contribution in [3.05, 3.63) is 29.8 Å². The van der Waals surface area contributed by atoms with Crippen molar-refractivity contribution < 1.29 is 49.3 Å². The molecule has 2 atom stereocenters. The third-order valence-corrected chi connectivity index (χ3v) is 5.21. The summed E-state index contributed by atoms with van der Waals surface area (Å²) in [6, 6.07) is 7.13. The Bertz CT molecular complexity index is 518. The molecular formula is C24H39NaO4. The molecule has 0 aromatic heterocycles. The van der Waals surface area contributed by atoms with E-state index in [0.717, 1.165) is 44.1 Å². The molecule has 0 heterocycles. The van der Waals surface area contributed by atoms with Crippen molar-refractivity contribution >= 4 is 5.97 Å². The van der Waals surface area contributed by atoms with Gasteiger partial charge in [-0.1, -0.05) is 90.2 Å². The van der Waals surface area contributed by atoms with Crippen LogP contribution in [0.3, 0.4) is 0 Å². The van der Waals surface area contributed by atoms with Crippen LogP contribution in [0.2, 0.25) is 0 Å². The van der Waals surface area contributed by atoms with Crippen molar-refractivity contribution in [2.24, 2.45) is 0 Å². The fraction of sp³-hybridized carbons (Fsp3) is 0.708. The first-order chi connectivity index (χ1) is 13.6. The summed E-state index contributed by atoms with van der Waals surface area (Å²) in [5, 5.41) is 21.7. The molecule has 1 rings (SSSR count). The zero-order chi connectivity index (χ0) is 20.6. The van der Waals surface area contributed by atoms with Crippen LogP contribution < -0.4 is 39.4 Å². The van der Waals surface area contributed by atoms with Gasteiger partial charge in [0.25, 0.3) is 0 Å². The number of carbonyl (C=O) groups excluding carboxylic acids is 1. The predicted molar refractivity (Wildman–Crippen MR) is 112 cm³/mol. The van der Waals surface area contributed by atoms with Gasteiger partial charge in [-0.2, -0.15) is 0 Å². The molecule has 29 heavy (non-hydrogen) atoms. The largest absolute Gasteiger partial charge is 1.00 e. The number of carboxylic acids is 1. The van der Waals surface area contributed by atoms with E-state index in [2.05, 4.69) is 13.8 Å². The Kier molecular flexibility index (Phi) is 17.9. The van der Waals surface area contributed by atoms with E-state index >= 15 is 0 Å². The average molecular weight is 415 g/mol. The topological polar surface area (TPSA) is 69.6 Å². The van der Waals surface area contributed by atoms with Gasteiger partial charge in [0.1, 0.15) is 11.9 Å². The second-order valence-corrected chi connectivity index (χ2v) is 7.77. The minimum atomic E-state index is -1.16. The van der Waals surface area contributed by atoms with E-state index in [0.29, 0.717) is 12.2 Å². The number of ether oxygens (including phenoxy) is 1. The van der Waals surface area contributed by atoms with E-state index in [1.165, 1.54) is 38.5 Å². The molecule has 2 unspecified atom stereocenters. The van der Waals surface area contributed by atoms with Crippen LogP contribution in [-0.4, -0.2) is 17.2 Å². The summed E-state index contributed by atoms with van der Waals surface area (Å²) in [5.74, 6) is -0.649. The third kappa shape index (κ3) is 13.4. The maximum Gasteiger partial charge on any atom is 1.00 e. The molecule has 0 amide bonds. The number of carboxylic acid groups (broad SMARTS) is 1. The Balaban J connectivity index is 0.00000784. The standard InChI is InChI=1S/C24H40O4.Na/c1-3-5-7-9-11-13-15-23(24(26)27)28-21-18-16-20(17-19-21)22(25)14-12-10-8-6-4-2;/h16-19,22-23,25H,3-15H2,1-2H3,(H,26,27);/q;+1/p-1. The molecule has 0 fully saturated rings. The average Bonchev–Trinajstić information content (AvgIpc) is 2.69. The normalized spacial score (nSPS) is 12.8. The molecule has 0 radical (unpaired) electrons. The molecule has 0 saturated heterocycles. The van der Waals surface area contributed by atoms with Crippen LogP contribution in [0, 0.1) is 0 Å². The van der Waals surface area contributed by atoms with Gasteiger partial charge in [0.15, 0.2) is 0 Å². The Morgan fingerprint density at radius 2 is 1.34 bits per heavy atom. The molecule has 0 saturated carbocycles. The zero-order valence-corrected chi connectivity index (χ0v) is 20.8. The molecule has 0 aliphatic heterocycles. The maximum absolute atomic E-state index is 11.4. The molecular weight excluding hydrogens is 375 g/mol. The van der Waals surface area contributed by atoms with Crippen molar-refractivity contribution in [1.29, 1.82) is 0 Å². The van der Waals surface area contributed by atoms with Gasteiger partial charge in [-0.15, -0.1) is 0 Å². The van der Waals surface area contributed by atoms with E-state index in [1.54, 1.807) is 12.1 Å². The maximum atomic E-state index is 11.4. The number of hydrogen-bond acceptors (Lipinski definition) is 4. The van der Waals surface area contributed by atoms with E-state index in [9.17, 15) is 15.0 Å². The Labute approximate surface area is 199 Å². The van der Waals surface area contributed by atoms with Crippen molar-refractivity contribution in [1.82, 2.24) is 0 Å². The first-order valence-corrected chi connectivity index (χ1v) is 11.2. The van der Waals surface area contributed by atoms with Gasteiger partial charge >= 0.3 is 29.6 Å². The number of benzene rings is 1. The molecule has 1 aromatic rings. The summed E-state index contributed by atoms with van der Waals surface area (Å²) < 4.78 is 5.62. The van der Waals surface area contributed by atoms with E-state index < -0.39 is 18.2 Å². The minimum Gasteiger partial charge on any atom is -0.546 e. The third-order valence-electron chi connectivity index (χ3n) is 5.21. The van der Waals surface area contributed by atoms with Crippen LogP contribution in [0.4, 0.5) is 0 Å². The van der Waals surface area contributed by atoms with Gasteiger partial charge in [-0.25, -0.2) is 0 Å². The summed E-state index contributed by atoms with van der Waals surface area (Å²) in [6.07, 6.45) is 12.3. The number of unbranched alkanes of at least 4 members (excludes halogenated alkanes) is 9. The number of aliphatic hydroxyl groups excluding tert-OH is 1. The Morgan fingerprint density at radius 1 is 0.862 bits per heavy atom. The monoisotopic (exact) mass is 414 g/mol. The van der Waals surface area contributed by atoms with Gasteiger partial charge < -0.3 is 19.7 Å². The van der Waals surface area contributed by atoms with Crippen molar-refractivity contribution in [3.8, 4) is 5.75 Å². The summed E-state index contributed by atoms with van der Waals surface area (Å²) in [6.45, 7) is 4.37. The SMILES string of the molecule is CCCCCCCCC(Oc1ccc(C(O)CCCCCCC)cc1)C(=O)[O-].[Na+]. The molecule has 5 heteroatoms. The van der Waals surface area contributed by atoms with E-state index in [-0.39, 0.29) is 29.6 Å². The first-order valence-electron chi connectivity index (χ1n) is 11.2. The summed E-state index contributed by atoms with van der Waals surface area (Å²) in [4.78, 5) is 11.4. The molecule has 0 spiro atoms. The zero-order valence-electron chi connectivity index (χ0n) is 18.8. The molecule has 160 valence electrons. The van der Waals surface area contributed by atoms with Crippen LogP contribution in [-0.2, 0) is 4.79 Å². The van der Waals surface area contributed by atoms with Crippen molar-refractivity contribution in [3.63, 3.8) is 0 Å². The first kappa shape index (κ1) is 28.5. The van der Waals surface area contributed by atoms with Crippen LogP contribution in [0.15, 0.2) is 24.3 Å². The van der Waals surface area contributed by atoms with Crippen LogP contribution in [0.1, 0.15) is 109 Å². The predicted octanol–water partition coefficient (Wildman–Crippen LogP) is 2.33.